The quantitative estimate of drug-likeness (QED) is 0.255. The average Bonchev–Trinajstić information content (AvgIpc) is 2.95. The van der Waals surface area contributed by atoms with Gasteiger partial charge in [-0.3, -0.25) is 4.57 Å². The van der Waals surface area contributed by atoms with Gasteiger partial charge < -0.3 is 19.3 Å². The van der Waals surface area contributed by atoms with Crippen LogP contribution in [0.5, 0.6) is 17.2 Å². The lowest BCUT2D eigenvalue weighted by Gasteiger charge is -2.32. The van der Waals surface area contributed by atoms with Gasteiger partial charge in [-0.05, 0) is 29.8 Å². The first kappa shape index (κ1) is 23.4. The molecule has 0 bridgehead atoms. The fourth-order valence-corrected chi connectivity index (χ4v) is 11.0. The number of fused-ring (bicyclic) bond motifs is 3. The van der Waals surface area contributed by atoms with Gasteiger partial charge in [0.05, 0.1) is 10.6 Å². The molecule has 0 aliphatic carbocycles. The van der Waals surface area contributed by atoms with Gasteiger partial charge in [-0.25, -0.2) is 0 Å². The first-order valence-electron chi connectivity index (χ1n) is 11.7. The summed E-state index contributed by atoms with van der Waals surface area (Å²) < 4.78 is 36.7. The molecule has 1 unspecified atom stereocenters. The molecule has 5 aromatic rings. The molecule has 0 aromatic heterocycles. The van der Waals surface area contributed by atoms with Crippen LogP contribution >= 0.6 is 14.5 Å². The minimum Gasteiger partial charge on any atom is -0.507 e. The van der Waals surface area contributed by atoms with Gasteiger partial charge in [0.15, 0.2) is 7.14 Å². The molecule has 182 valence electrons. The molecule has 1 heterocycles. The minimum atomic E-state index is -4.11. The van der Waals surface area contributed by atoms with Gasteiger partial charge in [0, 0.05) is 16.2 Å². The van der Waals surface area contributed by atoms with Crippen molar-refractivity contribution in [3.8, 4) is 28.4 Å². The zero-order chi connectivity index (χ0) is 25.6. The Morgan fingerprint density at radius 1 is 0.595 bits per heavy atom. The van der Waals surface area contributed by atoms with Crippen molar-refractivity contribution in [2.45, 2.75) is 0 Å². The van der Waals surface area contributed by atoms with Crippen molar-refractivity contribution in [1.82, 2.24) is 0 Å². The number of phenols is 2. The van der Waals surface area contributed by atoms with Crippen molar-refractivity contribution >= 4 is 41.0 Å². The number of aromatic hydroxyl groups is 2. The molecule has 5 nitrogen and oxygen atoms in total. The summed E-state index contributed by atoms with van der Waals surface area (Å²) >= 11 is 0. The van der Waals surface area contributed by atoms with Gasteiger partial charge in [0.1, 0.15) is 22.6 Å². The van der Waals surface area contributed by atoms with Crippen molar-refractivity contribution in [3.63, 3.8) is 0 Å². The third-order valence-corrected chi connectivity index (χ3v) is 12.4. The maximum absolute atomic E-state index is 15.3. The van der Waals surface area contributed by atoms with Gasteiger partial charge in [-0.1, -0.05) is 97.1 Å². The van der Waals surface area contributed by atoms with E-state index < -0.39 is 14.5 Å². The Hall–Kier alpha value is -4.04. The molecular weight excluding hydrogens is 502 g/mol. The van der Waals surface area contributed by atoms with E-state index in [2.05, 4.69) is 0 Å². The largest absolute Gasteiger partial charge is 0.507 e. The van der Waals surface area contributed by atoms with Crippen molar-refractivity contribution in [2.24, 2.45) is 0 Å². The topological polar surface area (TPSA) is 83.8 Å². The highest BCUT2D eigenvalue weighted by molar-refractivity contribution is 7.88. The molecule has 0 fully saturated rings. The molecule has 37 heavy (non-hydrogen) atoms. The molecule has 0 saturated carbocycles. The molecule has 2 N–H and O–H groups in total. The van der Waals surface area contributed by atoms with Gasteiger partial charge in [-0.2, -0.15) is 0 Å². The third kappa shape index (κ3) is 3.54. The van der Waals surface area contributed by atoms with Crippen molar-refractivity contribution in [3.05, 3.63) is 121 Å². The molecule has 0 saturated heterocycles. The second-order valence-electron chi connectivity index (χ2n) is 8.74. The highest BCUT2D eigenvalue weighted by atomic mass is 31.2. The molecule has 0 radical (unpaired) electrons. The molecule has 1 atom stereocenters. The van der Waals surface area contributed by atoms with E-state index in [-0.39, 0.29) is 22.1 Å². The number of hydrogen-bond donors (Lipinski definition) is 2. The summed E-state index contributed by atoms with van der Waals surface area (Å²) in [7, 11) is -7.96. The normalized spacial score (nSPS) is 16.3. The van der Waals surface area contributed by atoms with Crippen LogP contribution in [0.1, 0.15) is 0 Å². The first-order chi connectivity index (χ1) is 17.9. The molecule has 0 spiro atoms. The van der Waals surface area contributed by atoms with Crippen LogP contribution in [0.3, 0.4) is 0 Å². The fourth-order valence-electron chi connectivity index (χ4n) is 4.92. The van der Waals surface area contributed by atoms with E-state index in [4.69, 9.17) is 4.52 Å². The zero-order valence-corrected chi connectivity index (χ0v) is 21.3. The summed E-state index contributed by atoms with van der Waals surface area (Å²) in [4.78, 5) is 0. The molecule has 6 rings (SSSR count). The SMILES string of the molecule is O=P1(c2c(O)ccc(O)c2P(=O)(c2ccccc2)c2ccccc2)Oc2ccccc2-c2ccccc21. The van der Waals surface area contributed by atoms with Gasteiger partial charge in [0.25, 0.3) is 0 Å². The lowest BCUT2D eigenvalue weighted by atomic mass is 10.0. The molecular formula is C30H22O5P2. The van der Waals surface area contributed by atoms with E-state index in [0.29, 0.717) is 27.2 Å². The molecule has 5 aromatic carbocycles. The van der Waals surface area contributed by atoms with Crippen LogP contribution in [0.4, 0.5) is 0 Å². The smallest absolute Gasteiger partial charge is 0.312 e. The number of phenolic OH excluding ortho intramolecular Hbond substituents is 2. The summed E-state index contributed by atoms with van der Waals surface area (Å²) in [6, 6.07) is 34.4. The number of rotatable bonds is 4. The predicted octanol–water partition coefficient (Wildman–Crippen LogP) is 5.03. The van der Waals surface area contributed by atoms with Crippen LogP contribution in [0.2, 0.25) is 0 Å². The Morgan fingerprint density at radius 2 is 1.11 bits per heavy atom. The number of benzene rings is 5. The van der Waals surface area contributed by atoms with E-state index >= 15 is 9.13 Å². The van der Waals surface area contributed by atoms with E-state index in [1.807, 2.05) is 36.4 Å². The lowest BCUT2D eigenvalue weighted by Crippen LogP contribution is -2.38. The van der Waals surface area contributed by atoms with Crippen molar-refractivity contribution < 1.29 is 23.9 Å². The molecule has 0 amide bonds. The Balaban J connectivity index is 1.73. The molecule has 7 heteroatoms. The Morgan fingerprint density at radius 3 is 1.76 bits per heavy atom. The summed E-state index contributed by atoms with van der Waals surface area (Å²) in [6.07, 6.45) is 0. The van der Waals surface area contributed by atoms with E-state index in [1.165, 1.54) is 12.1 Å². The van der Waals surface area contributed by atoms with E-state index in [0.717, 1.165) is 5.56 Å². The fraction of sp³-hybridized carbons (Fsp3) is 0. The lowest BCUT2D eigenvalue weighted by molar-refractivity contribution is 0.462. The zero-order valence-electron chi connectivity index (χ0n) is 19.6. The van der Waals surface area contributed by atoms with Crippen LogP contribution in [-0.2, 0) is 9.13 Å². The first-order valence-corrected chi connectivity index (χ1v) is 15.0. The maximum Gasteiger partial charge on any atom is 0.312 e. The summed E-state index contributed by atoms with van der Waals surface area (Å²) in [6.45, 7) is 0. The summed E-state index contributed by atoms with van der Waals surface area (Å²) in [5.41, 5.74) is 1.45. The third-order valence-electron chi connectivity index (χ3n) is 6.58. The van der Waals surface area contributed by atoms with Crippen LogP contribution in [0.25, 0.3) is 11.1 Å². The van der Waals surface area contributed by atoms with Crippen LogP contribution < -0.4 is 31.0 Å². The number of para-hydroxylation sites is 1. The van der Waals surface area contributed by atoms with E-state index in [1.54, 1.807) is 72.8 Å². The predicted molar refractivity (Wildman–Crippen MR) is 149 cm³/mol. The van der Waals surface area contributed by atoms with Gasteiger partial charge in [0.2, 0.25) is 0 Å². The summed E-state index contributed by atoms with van der Waals surface area (Å²) in [5.74, 6) is -0.316. The average molecular weight is 524 g/mol. The van der Waals surface area contributed by atoms with Crippen molar-refractivity contribution in [1.29, 1.82) is 0 Å². The second-order valence-corrected chi connectivity index (χ2v) is 13.7. The molecule has 1 aliphatic rings. The number of hydrogen-bond acceptors (Lipinski definition) is 5. The van der Waals surface area contributed by atoms with Gasteiger partial charge >= 0.3 is 7.37 Å². The standard InChI is InChI=1S/C30H22O5P2/c31-25-19-20-26(32)30(29(25)36(33,21-11-3-1-4-12-21)22-13-5-2-6-14-22)37(34)28-18-10-8-16-24(28)23-15-7-9-17-27(23)35-37/h1-20,31-32H. The highest BCUT2D eigenvalue weighted by Crippen LogP contribution is 2.57. The van der Waals surface area contributed by atoms with Crippen LogP contribution in [-0.4, -0.2) is 10.2 Å². The Bertz CT molecular complexity index is 1690. The Kier molecular flexibility index (Phi) is 5.56. The Labute approximate surface area is 214 Å². The second kappa shape index (κ2) is 8.81. The highest BCUT2D eigenvalue weighted by Gasteiger charge is 2.47. The maximum atomic E-state index is 15.3. The van der Waals surface area contributed by atoms with Crippen LogP contribution in [0.15, 0.2) is 121 Å². The summed E-state index contributed by atoms with van der Waals surface area (Å²) in [5, 5.41) is 23.6. The van der Waals surface area contributed by atoms with Gasteiger partial charge in [-0.15, -0.1) is 0 Å². The molecule has 1 aliphatic heterocycles. The minimum absolute atomic E-state index is 0.0950. The van der Waals surface area contributed by atoms with E-state index in [9.17, 15) is 10.2 Å². The van der Waals surface area contributed by atoms with Crippen LogP contribution in [0, 0.1) is 0 Å². The van der Waals surface area contributed by atoms with Crippen molar-refractivity contribution in [2.75, 3.05) is 0 Å². The monoisotopic (exact) mass is 524 g/mol.